The maximum absolute atomic E-state index is 12.1. The van der Waals surface area contributed by atoms with Crippen LogP contribution in [0.2, 0.25) is 0 Å². The first-order valence-corrected chi connectivity index (χ1v) is 8.66. The van der Waals surface area contributed by atoms with E-state index in [4.69, 9.17) is 9.15 Å². The Morgan fingerprint density at radius 1 is 1.26 bits per heavy atom. The average Bonchev–Trinajstić information content (AvgIpc) is 2.86. The molecular weight excluding hydrogens is 344 g/mol. The lowest BCUT2D eigenvalue weighted by atomic mass is 10.0. The normalized spacial score (nSPS) is 11.4. The van der Waals surface area contributed by atoms with Crippen LogP contribution in [0.25, 0.3) is 17.0 Å². The smallest absolute Gasteiger partial charge is 0.336 e. The molecule has 0 aliphatic carbocycles. The molecule has 0 bridgehead atoms. The van der Waals surface area contributed by atoms with Gasteiger partial charge in [0.05, 0.1) is 5.69 Å². The second kappa shape index (κ2) is 7.23. The zero-order chi connectivity index (χ0) is 19.7. The minimum absolute atomic E-state index is 0.00121. The Balaban J connectivity index is 1.80. The fourth-order valence-corrected chi connectivity index (χ4v) is 3.02. The van der Waals surface area contributed by atoms with Gasteiger partial charge in [-0.15, -0.1) is 0 Å². The fraction of sp³-hybridized carbons (Fsp3) is 0.286. The van der Waals surface area contributed by atoms with Crippen molar-refractivity contribution in [3.8, 4) is 0 Å². The van der Waals surface area contributed by atoms with E-state index in [1.165, 1.54) is 12.1 Å². The molecule has 0 N–H and O–H groups in total. The monoisotopic (exact) mass is 366 g/mol. The van der Waals surface area contributed by atoms with E-state index in [2.05, 4.69) is 5.10 Å². The third-order valence-electron chi connectivity index (χ3n) is 4.84. The van der Waals surface area contributed by atoms with Gasteiger partial charge in [-0.1, -0.05) is 12.1 Å². The molecule has 0 unspecified atom stereocenters. The van der Waals surface area contributed by atoms with Gasteiger partial charge in [0, 0.05) is 41.4 Å². The number of fused-ring (bicyclic) bond motifs is 1. The largest absolute Gasteiger partial charge is 0.458 e. The molecule has 0 fully saturated rings. The molecule has 0 amide bonds. The Kier molecular flexibility index (Phi) is 4.99. The molecule has 0 spiro atoms. The summed E-state index contributed by atoms with van der Waals surface area (Å²) < 4.78 is 12.4. The molecule has 0 saturated heterocycles. The van der Waals surface area contributed by atoms with Gasteiger partial charge in [-0.2, -0.15) is 5.10 Å². The van der Waals surface area contributed by atoms with Crippen LogP contribution in [0.3, 0.4) is 0 Å². The summed E-state index contributed by atoms with van der Waals surface area (Å²) >= 11 is 0. The highest BCUT2D eigenvalue weighted by Crippen LogP contribution is 2.23. The number of esters is 1. The topological polar surface area (TPSA) is 74.3 Å². The molecule has 0 radical (unpaired) electrons. The SMILES string of the molecule is Cc1ccc2c(COC(=O)/C=C/c3c(C)nn(C)c3C)cc(=O)oc2c1C. The van der Waals surface area contributed by atoms with Crippen LogP contribution < -0.4 is 5.63 Å². The van der Waals surface area contributed by atoms with Gasteiger partial charge in [-0.3, -0.25) is 4.68 Å². The third kappa shape index (κ3) is 3.69. The number of benzene rings is 1. The summed E-state index contributed by atoms with van der Waals surface area (Å²) in [5, 5.41) is 5.08. The first-order valence-electron chi connectivity index (χ1n) is 8.66. The van der Waals surface area contributed by atoms with Gasteiger partial charge in [0.2, 0.25) is 0 Å². The van der Waals surface area contributed by atoms with E-state index in [1.807, 2.05) is 46.9 Å². The van der Waals surface area contributed by atoms with E-state index in [0.717, 1.165) is 33.5 Å². The molecule has 140 valence electrons. The predicted molar refractivity (Wildman–Crippen MR) is 103 cm³/mol. The van der Waals surface area contributed by atoms with Crippen molar-refractivity contribution < 1.29 is 13.9 Å². The van der Waals surface area contributed by atoms with Crippen molar-refractivity contribution in [1.82, 2.24) is 9.78 Å². The van der Waals surface area contributed by atoms with E-state index >= 15 is 0 Å². The highest BCUT2D eigenvalue weighted by molar-refractivity contribution is 5.88. The van der Waals surface area contributed by atoms with Crippen LogP contribution in [-0.4, -0.2) is 15.7 Å². The van der Waals surface area contributed by atoms with Gasteiger partial charge in [0.1, 0.15) is 12.2 Å². The Labute approximate surface area is 157 Å². The van der Waals surface area contributed by atoms with Crippen molar-refractivity contribution in [2.75, 3.05) is 0 Å². The number of hydrogen-bond acceptors (Lipinski definition) is 5. The molecule has 6 nitrogen and oxygen atoms in total. The van der Waals surface area contributed by atoms with Gasteiger partial charge in [0.25, 0.3) is 0 Å². The summed E-state index contributed by atoms with van der Waals surface area (Å²) in [6.07, 6.45) is 3.07. The first kappa shape index (κ1) is 18.6. The maximum Gasteiger partial charge on any atom is 0.336 e. The zero-order valence-corrected chi connectivity index (χ0v) is 16.1. The molecular formula is C21H22N2O4. The molecule has 0 aliphatic heterocycles. The van der Waals surface area contributed by atoms with Crippen LogP contribution in [0.1, 0.15) is 33.6 Å². The quantitative estimate of drug-likeness (QED) is 0.401. The molecule has 0 aliphatic rings. The fourth-order valence-electron chi connectivity index (χ4n) is 3.02. The van der Waals surface area contributed by atoms with Crippen molar-refractivity contribution in [1.29, 1.82) is 0 Å². The Bertz CT molecular complexity index is 1120. The zero-order valence-electron chi connectivity index (χ0n) is 16.1. The summed E-state index contributed by atoms with van der Waals surface area (Å²) in [5.74, 6) is -0.483. The number of rotatable bonds is 4. The second-order valence-corrected chi connectivity index (χ2v) is 6.62. The van der Waals surface area contributed by atoms with Crippen LogP contribution in [0.5, 0.6) is 0 Å². The molecule has 6 heteroatoms. The van der Waals surface area contributed by atoms with Crippen molar-refractivity contribution in [3.63, 3.8) is 0 Å². The standard InChI is InChI=1S/C21H22N2O4/c1-12-6-7-18-16(10-20(25)27-21(18)13(12)2)11-26-19(24)9-8-17-14(3)22-23(5)15(17)4/h6-10H,11H2,1-5H3/b9-8+. The minimum Gasteiger partial charge on any atom is -0.458 e. The van der Waals surface area contributed by atoms with E-state index in [-0.39, 0.29) is 6.61 Å². The summed E-state index contributed by atoms with van der Waals surface area (Å²) in [6.45, 7) is 7.67. The van der Waals surface area contributed by atoms with Crippen molar-refractivity contribution >= 4 is 23.0 Å². The molecule has 27 heavy (non-hydrogen) atoms. The Hall–Kier alpha value is -3.15. The average molecular weight is 366 g/mol. The summed E-state index contributed by atoms with van der Waals surface area (Å²) in [6, 6.07) is 5.20. The lowest BCUT2D eigenvalue weighted by molar-refractivity contribution is -0.138. The van der Waals surface area contributed by atoms with E-state index in [1.54, 1.807) is 10.8 Å². The number of carbonyl (C=O) groups excluding carboxylic acids is 1. The number of hydrogen-bond donors (Lipinski definition) is 0. The van der Waals surface area contributed by atoms with Gasteiger partial charge in [-0.05, 0) is 44.9 Å². The van der Waals surface area contributed by atoms with Gasteiger partial charge in [0.15, 0.2) is 0 Å². The second-order valence-electron chi connectivity index (χ2n) is 6.62. The van der Waals surface area contributed by atoms with E-state index in [0.29, 0.717) is 11.1 Å². The molecule has 3 rings (SSSR count). The van der Waals surface area contributed by atoms with Crippen LogP contribution in [0, 0.1) is 27.7 Å². The first-order chi connectivity index (χ1) is 12.8. The van der Waals surface area contributed by atoms with Gasteiger partial charge < -0.3 is 9.15 Å². The molecule has 3 aromatic rings. The maximum atomic E-state index is 12.1. The van der Waals surface area contributed by atoms with E-state index < -0.39 is 11.6 Å². The highest BCUT2D eigenvalue weighted by atomic mass is 16.5. The van der Waals surface area contributed by atoms with Crippen molar-refractivity contribution in [3.05, 3.63) is 68.3 Å². The predicted octanol–water partition coefficient (Wildman–Crippen LogP) is 3.52. The lowest BCUT2D eigenvalue weighted by Gasteiger charge is -2.09. The number of aromatic nitrogens is 2. The van der Waals surface area contributed by atoms with Crippen molar-refractivity contribution in [2.45, 2.75) is 34.3 Å². The van der Waals surface area contributed by atoms with Crippen LogP contribution >= 0.6 is 0 Å². The number of aryl methyl sites for hydroxylation is 4. The number of ether oxygens (including phenoxy) is 1. The minimum atomic E-state index is -0.483. The number of carbonyl (C=O) groups is 1. The molecule has 0 atom stereocenters. The molecule has 0 saturated carbocycles. The van der Waals surface area contributed by atoms with Gasteiger partial charge >= 0.3 is 11.6 Å². The van der Waals surface area contributed by atoms with E-state index in [9.17, 15) is 9.59 Å². The Morgan fingerprint density at radius 2 is 2.00 bits per heavy atom. The highest BCUT2D eigenvalue weighted by Gasteiger charge is 2.11. The summed E-state index contributed by atoms with van der Waals surface area (Å²) in [7, 11) is 1.85. The molecule has 2 heterocycles. The molecule has 2 aromatic heterocycles. The van der Waals surface area contributed by atoms with Crippen molar-refractivity contribution in [2.24, 2.45) is 7.05 Å². The van der Waals surface area contributed by atoms with Crippen LogP contribution in [-0.2, 0) is 23.2 Å². The Morgan fingerprint density at radius 3 is 2.67 bits per heavy atom. The summed E-state index contributed by atoms with van der Waals surface area (Å²) in [5.41, 5.74) is 5.34. The number of nitrogens with zero attached hydrogens (tertiary/aromatic N) is 2. The van der Waals surface area contributed by atoms with Crippen LogP contribution in [0.4, 0.5) is 0 Å². The third-order valence-corrected chi connectivity index (χ3v) is 4.84. The lowest BCUT2D eigenvalue weighted by Crippen LogP contribution is -2.06. The summed E-state index contributed by atoms with van der Waals surface area (Å²) in [4.78, 5) is 24.0. The molecule has 1 aromatic carbocycles. The van der Waals surface area contributed by atoms with Crippen LogP contribution in [0.15, 0.2) is 33.5 Å². The van der Waals surface area contributed by atoms with Gasteiger partial charge in [-0.25, -0.2) is 9.59 Å².